The minimum absolute atomic E-state index is 0.137. The van der Waals surface area contributed by atoms with Gasteiger partial charge in [0.15, 0.2) is 0 Å². The normalized spacial score (nSPS) is 12.2. The Morgan fingerprint density at radius 2 is 1.92 bits per heavy atom. The van der Waals surface area contributed by atoms with Crippen LogP contribution in [0.15, 0.2) is 42.5 Å². The molecule has 1 atom stereocenters. The van der Waals surface area contributed by atoms with Crippen LogP contribution in [0, 0.1) is 5.82 Å². The standard InChI is InChI=1S/C19H16ClFN2O3/c1-3-26-19(25)11(2)23-16-10-14(21)8-9-15(16)17(22-23)18(24)12-4-6-13(20)7-5-12/h4-11H,3H2,1-2H3. The van der Waals surface area contributed by atoms with Gasteiger partial charge in [-0.25, -0.2) is 13.9 Å². The van der Waals surface area contributed by atoms with Gasteiger partial charge in [-0.2, -0.15) is 5.10 Å². The zero-order valence-corrected chi connectivity index (χ0v) is 15.0. The van der Waals surface area contributed by atoms with Crippen LogP contribution in [0.25, 0.3) is 10.9 Å². The van der Waals surface area contributed by atoms with Crippen LogP contribution in [0.4, 0.5) is 4.39 Å². The molecule has 1 unspecified atom stereocenters. The second-order valence-electron chi connectivity index (χ2n) is 5.72. The third kappa shape index (κ3) is 3.32. The van der Waals surface area contributed by atoms with Crippen molar-refractivity contribution in [1.29, 1.82) is 0 Å². The minimum Gasteiger partial charge on any atom is -0.464 e. The molecular formula is C19H16ClFN2O3. The number of hydrogen-bond donors (Lipinski definition) is 0. The third-order valence-corrected chi connectivity index (χ3v) is 4.24. The molecule has 26 heavy (non-hydrogen) atoms. The Balaban J connectivity index is 2.13. The van der Waals surface area contributed by atoms with E-state index in [-0.39, 0.29) is 18.1 Å². The van der Waals surface area contributed by atoms with Gasteiger partial charge in [-0.3, -0.25) is 4.79 Å². The summed E-state index contributed by atoms with van der Waals surface area (Å²) in [6, 6.07) is 9.57. The van der Waals surface area contributed by atoms with Gasteiger partial charge in [-0.1, -0.05) is 11.6 Å². The summed E-state index contributed by atoms with van der Waals surface area (Å²) in [5, 5.41) is 5.27. The first-order valence-corrected chi connectivity index (χ1v) is 8.44. The summed E-state index contributed by atoms with van der Waals surface area (Å²) >= 11 is 5.86. The highest BCUT2D eigenvalue weighted by Gasteiger charge is 2.25. The Morgan fingerprint density at radius 3 is 2.58 bits per heavy atom. The van der Waals surface area contributed by atoms with Crippen molar-refractivity contribution in [3.8, 4) is 0 Å². The Kier molecular flexibility index (Phi) is 5.04. The first kappa shape index (κ1) is 18.1. The van der Waals surface area contributed by atoms with Gasteiger partial charge in [-0.05, 0) is 56.3 Å². The van der Waals surface area contributed by atoms with Gasteiger partial charge in [0, 0.05) is 16.0 Å². The molecule has 0 bridgehead atoms. The van der Waals surface area contributed by atoms with E-state index >= 15 is 0 Å². The van der Waals surface area contributed by atoms with Crippen LogP contribution >= 0.6 is 11.6 Å². The maximum absolute atomic E-state index is 13.8. The fourth-order valence-corrected chi connectivity index (χ4v) is 2.80. The Bertz CT molecular complexity index is 982. The predicted octanol–water partition coefficient (Wildman–Crippen LogP) is 4.18. The maximum Gasteiger partial charge on any atom is 0.330 e. The molecule has 134 valence electrons. The summed E-state index contributed by atoms with van der Waals surface area (Å²) in [7, 11) is 0. The number of esters is 1. The zero-order chi connectivity index (χ0) is 18.8. The first-order valence-electron chi connectivity index (χ1n) is 8.07. The largest absolute Gasteiger partial charge is 0.464 e. The molecule has 1 heterocycles. The summed E-state index contributed by atoms with van der Waals surface area (Å²) in [6.45, 7) is 3.50. The van der Waals surface area contributed by atoms with Gasteiger partial charge in [-0.15, -0.1) is 0 Å². The minimum atomic E-state index is -0.800. The van der Waals surface area contributed by atoms with Crippen LogP contribution in [0.2, 0.25) is 5.02 Å². The summed E-state index contributed by atoms with van der Waals surface area (Å²) in [4.78, 5) is 24.9. The van der Waals surface area contributed by atoms with Crippen LogP contribution in [-0.4, -0.2) is 28.1 Å². The fraction of sp³-hybridized carbons (Fsp3) is 0.211. The van der Waals surface area contributed by atoms with E-state index < -0.39 is 17.8 Å². The van der Waals surface area contributed by atoms with Crippen molar-refractivity contribution < 1.29 is 18.7 Å². The van der Waals surface area contributed by atoms with Crippen LogP contribution in [0.3, 0.4) is 0 Å². The number of ether oxygens (including phenoxy) is 1. The monoisotopic (exact) mass is 374 g/mol. The molecule has 0 aliphatic rings. The lowest BCUT2D eigenvalue weighted by Gasteiger charge is -2.12. The Labute approximate surface area is 154 Å². The molecule has 3 aromatic rings. The molecule has 0 saturated carbocycles. The molecule has 0 N–H and O–H groups in total. The lowest BCUT2D eigenvalue weighted by Crippen LogP contribution is -2.20. The number of nitrogens with zero attached hydrogens (tertiary/aromatic N) is 2. The van der Waals surface area contributed by atoms with Crippen molar-refractivity contribution in [2.24, 2.45) is 0 Å². The average molecular weight is 375 g/mol. The van der Waals surface area contributed by atoms with Crippen molar-refractivity contribution in [1.82, 2.24) is 9.78 Å². The molecule has 1 aromatic heterocycles. The molecule has 0 fully saturated rings. The predicted molar refractivity (Wildman–Crippen MR) is 95.9 cm³/mol. The lowest BCUT2D eigenvalue weighted by atomic mass is 10.1. The smallest absolute Gasteiger partial charge is 0.330 e. The number of fused-ring (bicyclic) bond motifs is 1. The van der Waals surface area contributed by atoms with Crippen LogP contribution in [0.1, 0.15) is 35.9 Å². The van der Waals surface area contributed by atoms with E-state index in [9.17, 15) is 14.0 Å². The Hall–Kier alpha value is -2.73. The number of carbonyl (C=O) groups is 2. The third-order valence-electron chi connectivity index (χ3n) is 3.99. The number of rotatable bonds is 5. The van der Waals surface area contributed by atoms with Crippen molar-refractivity contribution in [2.75, 3.05) is 6.61 Å². The van der Waals surface area contributed by atoms with Crippen molar-refractivity contribution >= 4 is 34.3 Å². The van der Waals surface area contributed by atoms with Gasteiger partial charge in [0.1, 0.15) is 17.6 Å². The first-order chi connectivity index (χ1) is 12.4. The lowest BCUT2D eigenvalue weighted by molar-refractivity contribution is -0.146. The maximum atomic E-state index is 13.8. The van der Waals surface area contributed by atoms with E-state index in [1.165, 1.54) is 22.9 Å². The molecule has 0 aliphatic heterocycles. The molecule has 7 heteroatoms. The van der Waals surface area contributed by atoms with Crippen LogP contribution in [0.5, 0.6) is 0 Å². The van der Waals surface area contributed by atoms with Gasteiger partial charge in [0.05, 0.1) is 12.1 Å². The SMILES string of the molecule is CCOC(=O)C(C)n1nc(C(=O)c2ccc(Cl)cc2)c2ccc(F)cc21. The van der Waals surface area contributed by atoms with Gasteiger partial charge in [0.25, 0.3) is 0 Å². The number of carbonyl (C=O) groups excluding carboxylic acids is 2. The number of benzene rings is 2. The van der Waals surface area contributed by atoms with Crippen LogP contribution in [-0.2, 0) is 9.53 Å². The van der Waals surface area contributed by atoms with Crippen LogP contribution < -0.4 is 0 Å². The number of halogens is 2. The molecule has 2 aromatic carbocycles. The zero-order valence-electron chi connectivity index (χ0n) is 14.2. The quantitative estimate of drug-likeness (QED) is 0.496. The summed E-state index contributed by atoms with van der Waals surface area (Å²) < 4.78 is 20.1. The van der Waals surface area contributed by atoms with Crippen molar-refractivity contribution in [2.45, 2.75) is 19.9 Å². The van der Waals surface area contributed by atoms with Crippen molar-refractivity contribution in [3.05, 3.63) is 64.6 Å². The second kappa shape index (κ2) is 7.25. The average Bonchev–Trinajstić information content (AvgIpc) is 2.99. The van der Waals surface area contributed by atoms with E-state index in [4.69, 9.17) is 16.3 Å². The molecule has 0 radical (unpaired) electrons. The summed E-state index contributed by atoms with van der Waals surface area (Å²) in [5.74, 6) is -1.33. The summed E-state index contributed by atoms with van der Waals surface area (Å²) in [6.07, 6.45) is 0. The molecule has 0 aliphatic carbocycles. The fourth-order valence-electron chi connectivity index (χ4n) is 2.67. The molecule has 3 rings (SSSR count). The summed E-state index contributed by atoms with van der Waals surface area (Å²) in [5.41, 5.74) is 0.885. The molecule has 0 spiro atoms. The van der Waals surface area contributed by atoms with E-state index in [1.54, 1.807) is 38.1 Å². The van der Waals surface area contributed by atoms with E-state index in [2.05, 4.69) is 5.10 Å². The van der Waals surface area contributed by atoms with Crippen molar-refractivity contribution in [3.63, 3.8) is 0 Å². The molecule has 5 nitrogen and oxygen atoms in total. The Morgan fingerprint density at radius 1 is 1.23 bits per heavy atom. The highest BCUT2D eigenvalue weighted by atomic mass is 35.5. The van der Waals surface area contributed by atoms with E-state index in [1.807, 2.05) is 0 Å². The number of aromatic nitrogens is 2. The molecule has 0 amide bonds. The van der Waals surface area contributed by atoms with Gasteiger partial charge in [0.2, 0.25) is 5.78 Å². The highest BCUT2D eigenvalue weighted by Crippen LogP contribution is 2.26. The molecular weight excluding hydrogens is 359 g/mol. The second-order valence-corrected chi connectivity index (χ2v) is 6.16. The highest BCUT2D eigenvalue weighted by molar-refractivity contribution is 6.30. The van der Waals surface area contributed by atoms with E-state index in [0.29, 0.717) is 21.5 Å². The van der Waals surface area contributed by atoms with E-state index in [0.717, 1.165) is 0 Å². The number of hydrogen-bond acceptors (Lipinski definition) is 4. The topological polar surface area (TPSA) is 61.2 Å². The number of ketones is 1. The van der Waals surface area contributed by atoms with Gasteiger partial charge >= 0.3 is 5.97 Å². The van der Waals surface area contributed by atoms with Gasteiger partial charge < -0.3 is 4.74 Å². The molecule has 0 saturated heterocycles.